The number of hydrogen-bond donors (Lipinski definition) is 1. The Balaban J connectivity index is 2.12. The van der Waals surface area contributed by atoms with Gasteiger partial charge in [0.1, 0.15) is 22.9 Å². The van der Waals surface area contributed by atoms with E-state index in [0.29, 0.717) is 24.5 Å². The summed E-state index contributed by atoms with van der Waals surface area (Å²) in [6.07, 6.45) is 4.76. The third kappa shape index (κ3) is 3.37. The Morgan fingerprint density at radius 3 is 2.84 bits per heavy atom. The van der Waals surface area contributed by atoms with E-state index >= 15 is 0 Å². The molecule has 0 saturated heterocycles. The van der Waals surface area contributed by atoms with Gasteiger partial charge in [-0.05, 0) is 37.1 Å². The van der Waals surface area contributed by atoms with Crippen LogP contribution in [0.25, 0.3) is 6.08 Å². The second kappa shape index (κ2) is 5.08. The van der Waals surface area contributed by atoms with Crippen molar-refractivity contribution in [3.8, 4) is 11.5 Å². The van der Waals surface area contributed by atoms with Gasteiger partial charge in [-0.1, -0.05) is 19.9 Å². The summed E-state index contributed by atoms with van der Waals surface area (Å²) < 4.78 is 5.91. The van der Waals surface area contributed by atoms with Crippen LogP contribution in [0.15, 0.2) is 24.3 Å². The quantitative estimate of drug-likeness (QED) is 0.900. The summed E-state index contributed by atoms with van der Waals surface area (Å²) in [7, 11) is 0. The third-order valence-electron chi connectivity index (χ3n) is 3.14. The van der Waals surface area contributed by atoms with Crippen LogP contribution in [0.3, 0.4) is 0 Å². The van der Waals surface area contributed by atoms with Gasteiger partial charge in [0.2, 0.25) is 0 Å². The molecular formula is C16H20O3. The zero-order valence-corrected chi connectivity index (χ0v) is 11.6. The van der Waals surface area contributed by atoms with Gasteiger partial charge in [-0.3, -0.25) is 4.79 Å². The Morgan fingerprint density at radius 1 is 1.42 bits per heavy atom. The molecule has 0 radical (unpaired) electrons. The first kappa shape index (κ1) is 13.7. The summed E-state index contributed by atoms with van der Waals surface area (Å²) in [6.45, 7) is 5.99. The standard InChI is InChI=1S/C16H20O3/c1-11(2)8-14(18)10-16(3)7-6-12-9-13(17)4-5-15(12)19-16/h4-7,9,11,17H,8,10H2,1-3H3/t16-/m0/s1. The molecule has 1 atom stereocenters. The van der Waals surface area contributed by atoms with Gasteiger partial charge in [-0.15, -0.1) is 0 Å². The maximum absolute atomic E-state index is 11.9. The zero-order valence-electron chi connectivity index (χ0n) is 11.6. The Morgan fingerprint density at radius 2 is 2.16 bits per heavy atom. The monoisotopic (exact) mass is 260 g/mol. The molecule has 0 spiro atoms. The number of Topliss-reactive ketones (excluding diaryl/α,β-unsaturated/α-hetero) is 1. The van der Waals surface area contributed by atoms with Gasteiger partial charge in [0.25, 0.3) is 0 Å². The first-order valence-electron chi connectivity index (χ1n) is 6.61. The van der Waals surface area contributed by atoms with E-state index in [-0.39, 0.29) is 11.5 Å². The molecule has 3 nitrogen and oxygen atoms in total. The highest BCUT2D eigenvalue weighted by molar-refractivity contribution is 5.80. The number of phenolic OH excluding ortho intramolecular Hbond substituents is 1. The number of ether oxygens (including phenoxy) is 1. The normalized spacial score (nSPS) is 21.1. The van der Waals surface area contributed by atoms with E-state index in [2.05, 4.69) is 0 Å². The van der Waals surface area contributed by atoms with Crippen molar-refractivity contribution in [2.45, 2.75) is 39.2 Å². The van der Waals surface area contributed by atoms with Crippen molar-refractivity contribution in [1.82, 2.24) is 0 Å². The van der Waals surface area contributed by atoms with E-state index in [9.17, 15) is 9.90 Å². The van der Waals surface area contributed by atoms with Gasteiger partial charge < -0.3 is 9.84 Å². The van der Waals surface area contributed by atoms with Crippen molar-refractivity contribution < 1.29 is 14.6 Å². The molecule has 0 aromatic heterocycles. The predicted molar refractivity (Wildman–Crippen MR) is 75.3 cm³/mol. The van der Waals surface area contributed by atoms with Crippen LogP contribution in [0.5, 0.6) is 11.5 Å². The highest BCUT2D eigenvalue weighted by Crippen LogP contribution is 2.35. The summed E-state index contributed by atoms with van der Waals surface area (Å²) in [5.41, 5.74) is 0.254. The summed E-state index contributed by atoms with van der Waals surface area (Å²) >= 11 is 0. The lowest BCUT2D eigenvalue weighted by molar-refractivity contribution is -0.122. The van der Waals surface area contributed by atoms with Crippen molar-refractivity contribution in [3.63, 3.8) is 0 Å². The fourth-order valence-corrected chi connectivity index (χ4v) is 2.32. The maximum Gasteiger partial charge on any atom is 0.137 e. The number of phenols is 1. The van der Waals surface area contributed by atoms with Crippen LogP contribution in [-0.4, -0.2) is 16.5 Å². The van der Waals surface area contributed by atoms with E-state index in [4.69, 9.17) is 4.74 Å². The molecule has 0 aliphatic carbocycles. The van der Waals surface area contributed by atoms with E-state index in [1.807, 2.05) is 32.9 Å². The first-order chi connectivity index (χ1) is 8.88. The number of carbonyl (C=O) groups is 1. The van der Waals surface area contributed by atoms with Gasteiger partial charge >= 0.3 is 0 Å². The van der Waals surface area contributed by atoms with Gasteiger partial charge in [-0.25, -0.2) is 0 Å². The van der Waals surface area contributed by atoms with Crippen molar-refractivity contribution in [2.75, 3.05) is 0 Å². The van der Waals surface area contributed by atoms with Crippen molar-refractivity contribution in [2.24, 2.45) is 5.92 Å². The molecule has 19 heavy (non-hydrogen) atoms. The van der Waals surface area contributed by atoms with Crippen LogP contribution in [0.4, 0.5) is 0 Å². The smallest absolute Gasteiger partial charge is 0.137 e. The maximum atomic E-state index is 11.9. The molecule has 1 aliphatic heterocycles. The lowest BCUT2D eigenvalue weighted by Gasteiger charge is -2.31. The number of rotatable bonds is 4. The second-order valence-corrected chi connectivity index (χ2v) is 5.78. The van der Waals surface area contributed by atoms with Gasteiger partial charge in [0.15, 0.2) is 0 Å². The zero-order chi connectivity index (χ0) is 14.0. The summed E-state index contributed by atoms with van der Waals surface area (Å²) in [5, 5.41) is 9.42. The molecule has 0 unspecified atom stereocenters. The molecule has 2 rings (SSSR count). The van der Waals surface area contributed by atoms with Crippen LogP contribution < -0.4 is 4.74 Å². The molecule has 1 aliphatic rings. The molecule has 1 aromatic carbocycles. The lowest BCUT2D eigenvalue weighted by atomic mass is 9.92. The molecule has 1 aromatic rings. The minimum Gasteiger partial charge on any atom is -0.508 e. The summed E-state index contributed by atoms with van der Waals surface area (Å²) in [4.78, 5) is 11.9. The fourth-order valence-electron chi connectivity index (χ4n) is 2.32. The highest BCUT2D eigenvalue weighted by Gasteiger charge is 2.30. The molecule has 0 fully saturated rings. The Kier molecular flexibility index (Phi) is 3.65. The third-order valence-corrected chi connectivity index (χ3v) is 3.14. The Bertz CT molecular complexity index is 517. The molecule has 1 N–H and O–H groups in total. The summed E-state index contributed by atoms with van der Waals surface area (Å²) in [6, 6.07) is 4.98. The summed E-state index contributed by atoms with van der Waals surface area (Å²) in [5.74, 6) is 1.50. The molecule has 0 bridgehead atoms. The Hall–Kier alpha value is -1.77. The number of aromatic hydroxyl groups is 1. The SMILES string of the molecule is CC(C)CC(=O)C[C@]1(C)C=Cc2cc(O)ccc2O1. The first-order valence-corrected chi connectivity index (χ1v) is 6.61. The number of ketones is 1. The van der Waals surface area contributed by atoms with E-state index in [0.717, 1.165) is 5.56 Å². The number of carbonyl (C=O) groups excluding carboxylic acids is 1. The molecule has 102 valence electrons. The van der Waals surface area contributed by atoms with Crippen molar-refractivity contribution in [1.29, 1.82) is 0 Å². The van der Waals surface area contributed by atoms with Gasteiger partial charge in [0, 0.05) is 18.4 Å². The topological polar surface area (TPSA) is 46.5 Å². The molecule has 3 heteroatoms. The van der Waals surface area contributed by atoms with Crippen LogP contribution in [0.2, 0.25) is 0 Å². The van der Waals surface area contributed by atoms with Gasteiger partial charge in [0.05, 0.1) is 0 Å². The minimum absolute atomic E-state index is 0.212. The number of hydrogen-bond acceptors (Lipinski definition) is 3. The average molecular weight is 260 g/mol. The number of benzene rings is 1. The van der Waals surface area contributed by atoms with Crippen molar-refractivity contribution in [3.05, 3.63) is 29.8 Å². The number of fused-ring (bicyclic) bond motifs is 1. The van der Waals surface area contributed by atoms with E-state index in [1.54, 1.807) is 18.2 Å². The Labute approximate surface area is 113 Å². The second-order valence-electron chi connectivity index (χ2n) is 5.78. The van der Waals surface area contributed by atoms with Crippen LogP contribution >= 0.6 is 0 Å². The fraction of sp³-hybridized carbons (Fsp3) is 0.438. The lowest BCUT2D eigenvalue weighted by Crippen LogP contribution is -2.34. The van der Waals surface area contributed by atoms with Gasteiger partial charge in [-0.2, -0.15) is 0 Å². The predicted octanol–water partition coefficient (Wildman–Crippen LogP) is 3.56. The van der Waals surface area contributed by atoms with E-state index < -0.39 is 5.60 Å². The largest absolute Gasteiger partial charge is 0.508 e. The van der Waals surface area contributed by atoms with Crippen LogP contribution in [0, 0.1) is 5.92 Å². The molecule has 0 saturated carbocycles. The van der Waals surface area contributed by atoms with Crippen molar-refractivity contribution >= 4 is 11.9 Å². The van der Waals surface area contributed by atoms with Crippen LogP contribution in [0.1, 0.15) is 39.2 Å². The van der Waals surface area contributed by atoms with E-state index in [1.165, 1.54) is 0 Å². The highest BCUT2D eigenvalue weighted by atomic mass is 16.5. The van der Waals surface area contributed by atoms with Crippen LogP contribution in [-0.2, 0) is 4.79 Å². The molecular weight excluding hydrogens is 240 g/mol. The molecule has 1 heterocycles. The average Bonchev–Trinajstić information content (AvgIpc) is 2.28. The minimum atomic E-state index is -0.587. The molecule has 0 amide bonds.